The van der Waals surface area contributed by atoms with Crippen LogP contribution in [-0.2, 0) is 0 Å². The Bertz CT molecular complexity index is 607. The third kappa shape index (κ3) is 3.61. The van der Waals surface area contributed by atoms with Crippen molar-refractivity contribution in [2.75, 3.05) is 23.8 Å². The van der Waals surface area contributed by atoms with Gasteiger partial charge in [0, 0.05) is 30.1 Å². The molecule has 0 fully saturated rings. The van der Waals surface area contributed by atoms with Gasteiger partial charge in [0.25, 0.3) is 0 Å². The summed E-state index contributed by atoms with van der Waals surface area (Å²) in [6.45, 7) is 2.07. The molecular weight excluding hydrogens is 266 g/mol. The van der Waals surface area contributed by atoms with E-state index >= 15 is 0 Å². The van der Waals surface area contributed by atoms with Crippen LogP contribution in [0.1, 0.15) is 5.69 Å². The second kappa shape index (κ2) is 6.25. The number of anilines is 3. The molecule has 1 aromatic heterocycles. The summed E-state index contributed by atoms with van der Waals surface area (Å²) in [6.07, 6.45) is 0. The minimum Gasteiger partial charge on any atom is -0.395 e. The Hall–Kier alpha value is -2.28. The molecule has 0 aliphatic rings. The lowest BCUT2D eigenvalue weighted by Gasteiger charge is -2.09. The number of hydrogen-bond acceptors (Lipinski definition) is 5. The van der Waals surface area contributed by atoms with E-state index in [-0.39, 0.29) is 6.61 Å². The monoisotopic (exact) mass is 280 g/mol. The molecule has 0 spiro atoms. The molecule has 0 aliphatic carbocycles. The molecule has 1 heterocycles. The average Bonchev–Trinajstić information content (AvgIpc) is 2.40. The van der Waals surface area contributed by atoms with E-state index in [9.17, 15) is 8.78 Å². The van der Waals surface area contributed by atoms with Gasteiger partial charge >= 0.3 is 0 Å². The maximum Gasteiger partial charge on any atom is 0.224 e. The Morgan fingerprint density at radius 1 is 1.15 bits per heavy atom. The highest BCUT2D eigenvalue weighted by Crippen LogP contribution is 2.19. The van der Waals surface area contributed by atoms with E-state index in [0.29, 0.717) is 29.7 Å². The molecule has 2 rings (SSSR count). The van der Waals surface area contributed by atoms with Crippen molar-refractivity contribution in [2.24, 2.45) is 0 Å². The molecule has 106 valence electrons. The highest BCUT2D eigenvalue weighted by molar-refractivity contribution is 5.57. The first-order valence-corrected chi connectivity index (χ1v) is 6.01. The van der Waals surface area contributed by atoms with Crippen molar-refractivity contribution >= 4 is 17.5 Å². The number of halogens is 2. The third-order valence-corrected chi connectivity index (χ3v) is 2.44. The van der Waals surface area contributed by atoms with E-state index in [1.54, 1.807) is 13.0 Å². The van der Waals surface area contributed by atoms with Gasteiger partial charge in [0.1, 0.15) is 5.82 Å². The summed E-state index contributed by atoms with van der Waals surface area (Å²) < 4.78 is 26.0. The largest absolute Gasteiger partial charge is 0.395 e. The van der Waals surface area contributed by atoms with Crippen molar-refractivity contribution in [1.82, 2.24) is 9.97 Å². The van der Waals surface area contributed by atoms with Crippen LogP contribution >= 0.6 is 0 Å². The van der Waals surface area contributed by atoms with Crippen molar-refractivity contribution in [2.45, 2.75) is 6.92 Å². The number of aliphatic hydroxyl groups excluding tert-OH is 1. The molecule has 7 heteroatoms. The van der Waals surface area contributed by atoms with Gasteiger partial charge in [-0.2, -0.15) is 4.98 Å². The summed E-state index contributed by atoms with van der Waals surface area (Å²) in [5.41, 5.74) is 1.08. The standard InChI is InChI=1S/C13H14F2N4O/c1-8-6-12(19-13(17-8)16-4-5-20)18-9-2-3-10(14)11(15)7-9/h2-3,6-7,20H,4-5H2,1H3,(H2,16,17,18,19). The van der Waals surface area contributed by atoms with E-state index in [4.69, 9.17) is 5.11 Å². The van der Waals surface area contributed by atoms with Crippen molar-refractivity contribution < 1.29 is 13.9 Å². The maximum absolute atomic E-state index is 13.1. The first kappa shape index (κ1) is 14.1. The molecule has 0 aliphatic heterocycles. The van der Waals surface area contributed by atoms with Gasteiger partial charge in [-0.15, -0.1) is 0 Å². The quantitative estimate of drug-likeness (QED) is 0.783. The summed E-state index contributed by atoms with van der Waals surface area (Å²) in [6, 6.07) is 5.17. The number of rotatable bonds is 5. The molecule has 0 atom stereocenters. The lowest BCUT2D eigenvalue weighted by atomic mass is 10.3. The van der Waals surface area contributed by atoms with Gasteiger partial charge in [-0.3, -0.25) is 0 Å². The molecule has 3 N–H and O–H groups in total. The zero-order valence-electron chi connectivity index (χ0n) is 10.8. The van der Waals surface area contributed by atoms with E-state index in [1.165, 1.54) is 6.07 Å². The van der Waals surface area contributed by atoms with Gasteiger partial charge in [-0.25, -0.2) is 13.8 Å². The van der Waals surface area contributed by atoms with Gasteiger partial charge in [0.2, 0.25) is 5.95 Å². The van der Waals surface area contributed by atoms with Gasteiger partial charge < -0.3 is 15.7 Å². The smallest absolute Gasteiger partial charge is 0.224 e. The molecule has 1 aromatic carbocycles. The zero-order chi connectivity index (χ0) is 14.5. The number of aryl methyl sites for hydroxylation is 1. The van der Waals surface area contributed by atoms with E-state index in [0.717, 1.165) is 12.1 Å². The summed E-state index contributed by atoms with van der Waals surface area (Å²) in [7, 11) is 0. The number of aliphatic hydroxyl groups is 1. The van der Waals surface area contributed by atoms with Gasteiger partial charge in [0.15, 0.2) is 11.6 Å². The Labute approximate surface area is 114 Å². The van der Waals surface area contributed by atoms with Crippen LogP contribution < -0.4 is 10.6 Å². The number of hydrogen-bond donors (Lipinski definition) is 3. The Morgan fingerprint density at radius 2 is 1.95 bits per heavy atom. The molecule has 0 saturated heterocycles. The summed E-state index contributed by atoms with van der Waals surface area (Å²) in [4.78, 5) is 8.30. The minimum absolute atomic E-state index is 0.0385. The van der Waals surface area contributed by atoms with Crippen LogP contribution in [0.4, 0.5) is 26.2 Å². The second-order valence-corrected chi connectivity index (χ2v) is 4.12. The molecular formula is C13H14F2N4O. The Balaban J connectivity index is 2.19. The van der Waals surface area contributed by atoms with Crippen molar-refractivity contribution in [3.8, 4) is 0 Å². The van der Waals surface area contributed by atoms with Crippen molar-refractivity contribution in [3.63, 3.8) is 0 Å². The van der Waals surface area contributed by atoms with Crippen LogP contribution in [0.3, 0.4) is 0 Å². The van der Waals surface area contributed by atoms with E-state index in [1.807, 2.05) is 0 Å². The number of aromatic nitrogens is 2. The highest BCUT2D eigenvalue weighted by Gasteiger charge is 2.05. The van der Waals surface area contributed by atoms with Gasteiger partial charge in [-0.1, -0.05) is 0 Å². The summed E-state index contributed by atoms with van der Waals surface area (Å²) >= 11 is 0. The molecule has 5 nitrogen and oxygen atoms in total. The van der Waals surface area contributed by atoms with Crippen molar-refractivity contribution in [3.05, 3.63) is 41.6 Å². The molecule has 20 heavy (non-hydrogen) atoms. The van der Waals surface area contributed by atoms with Crippen LogP contribution in [0.2, 0.25) is 0 Å². The van der Waals surface area contributed by atoms with E-state index < -0.39 is 11.6 Å². The minimum atomic E-state index is -0.931. The molecule has 0 amide bonds. The molecule has 0 bridgehead atoms. The van der Waals surface area contributed by atoms with E-state index in [2.05, 4.69) is 20.6 Å². The van der Waals surface area contributed by atoms with Crippen LogP contribution in [0.15, 0.2) is 24.3 Å². The first-order chi connectivity index (χ1) is 9.58. The zero-order valence-corrected chi connectivity index (χ0v) is 10.8. The average molecular weight is 280 g/mol. The van der Waals surface area contributed by atoms with Crippen LogP contribution in [-0.4, -0.2) is 28.2 Å². The molecule has 0 saturated carbocycles. The maximum atomic E-state index is 13.1. The summed E-state index contributed by atoms with van der Waals surface area (Å²) in [5, 5.41) is 14.5. The van der Waals surface area contributed by atoms with Gasteiger partial charge in [-0.05, 0) is 19.1 Å². The predicted molar refractivity (Wildman–Crippen MR) is 72.0 cm³/mol. The van der Waals surface area contributed by atoms with Gasteiger partial charge in [0.05, 0.1) is 6.61 Å². The Morgan fingerprint density at radius 3 is 2.65 bits per heavy atom. The third-order valence-electron chi connectivity index (χ3n) is 2.44. The number of nitrogens with one attached hydrogen (secondary N) is 2. The first-order valence-electron chi connectivity index (χ1n) is 6.01. The van der Waals surface area contributed by atoms with Crippen molar-refractivity contribution in [1.29, 1.82) is 0 Å². The second-order valence-electron chi connectivity index (χ2n) is 4.12. The fourth-order valence-electron chi connectivity index (χ4n) is 1.60. The normalized spacial score (nSPS) is 10.4. The number of benzene rings is 1. The predicted octanol–water partition coefficient (Wildman–Crippen LogP) is 2.21. The highest BCUT2D eigenvalue weighted by atomic mass is 19.2. The lowest BCUT2D eigenvalue weighted by Crippen LogP contribution is -2.10. The SMILES string of the molecule is Cc1cc(Nc2ccc(F)c(F)c2)nc(NCCO)n1. The summed E-state index contributed by atoms with van der Waals surface area (Å²) in [5.74, 6) is -1.03. The number of nitrogens with zero attached hydrogens (tertiary/aromatic N) is 2. The van der Waals surface area contributed by atoms with Crippen LogP contribution in [0.25, 0.3) is 0 Å². The van der Waals surface area contributed by atoms with Crippen LogP contribution in [0, 0.1) is 18.6 Å². The fraction of sp³-hybridized carbons (Fsp3) is 0.231. The fourth-order valence-corrected chi connectivity index (χ4v) is 1.60. The molecule has 0 unspecified atom stereocenters. The Kier molecular flexibility index (Phi) is 4.41. The lowest BCUT2D eigenvalue weighted by molar-refractivity contribution is 0.311. The molecule has 2 aromatic rings. The van der Waals surface area contributed by atoms with Crippen LogP contribution in [0.5, 0.6) is 0 Å². The molecule has 0 radical (unpaired) electrons. The topological polar surface area (TPSA) is 70.1 Å².